The van der Waals surface area contributed by atoms with E-state index in [4.69, 9.17) is 16.3 Å². The van der Waals surface area contributed by atoms with Crippen molar-refractivity contribution in [1.82, 2.24) is 0 Å². The molecule has 0 aromatic heterocycles. The third-order valence-electron chi connectivity index (χ3n) is 3.33. The molecule has 2 saturated carbocycles. The average molecular weight is 209 g/mol. The predicted molar refractivity (Wildman–Crippen MR) is 56.7 cm³/mol. The number of rotatable bonds is 2. The van der Waals surface area contributed by atoms with Gasteiger partial charge >= 0.3 is 0 Å². The smallest absolute Gasteiger partial charge is 0.138 e. The minimum atomic E-state index is 0.415. The molecule has 0 spiro atoms. The van der Waals surface area contributed by atoms with Gasteiger partial charge in [0.05, 0.1) is 11.1 Å². The molecule has 74 valence electrons. The Morgan fingerprint density at radius 1 is 1.07 bits per heavy atom. The van der Waals surface area contributed by atoms with Gasteiger partial charge in [0.25, 0.3) is 0 Å². The summed E-state index contributed by atoms with van der Waals surface area (Å²) in [6.45, 7) is 0. The van der Waals surface area contributed by atoms with Crippen molar-refractivity contribution in [3.63, 3.8) is 0 Å². The molecule has 0 N–H and O–H groups in total. The van der Waals surface area contributed by atoms with Gasteiger partial charge in [0.1, 0.15) is 5.75 Å². The summed E-state index contributed by atoms with van der Waals surface area (Å²) in [4.78, 5) is 0. The van der Waals surface area contributed by atoms with Crippen LogP contribution in [0.25, 0.3) is 0 Å². The van der Waals surface area contributed by atoms with Gasteiger partial charge in [-0.1, -0.05) is 23.7 Å². The first-order valence-corrected chi connectivity index (χ1v) is 5.62. The zero-order valence-electron chi connectivity index (χ0n) is 7.95. The lowest BCUT2D eigenvalue weighted by Crippen LogP contribution is -2.13. The molecule has 0 bridgehead atoms. The fraction of sp³-hybridized carbons (Fsp3) is 0.500. The highest BCUT2D eigenvalue weighted by atomic mass is 35.5. The molecule has 0 heterocycles. The fourth-order valence-electron chi connectivity index (χ4n) is 2.48. The van der Waals surface area contributed by atoms with Crippen LogP contribution in [-0.4, -0.2) is 6.10 Å². The Bertz CT molecular complexity index is 340. The van der Waals surface area contributed by atoms with Crippen LogP contribution >= 0.6 is 11.6 Å². The molecule has 1 aromatic carbocycles. The third-order valence-corrected chi connectivity index (χ3v) is 3.64. The average Bonchev–Trinajstić information content (AvgIpc) is 2.79. The molecule has 2 heteroatoms. The van der Waals surface area contributed by atoms with Gasteiger partial charge in [-0.05, 0) is 43.2 Å². The lowest BCUT2D eigenvalue weighted by molar-refractivity contribution is 0.194. The van der Waals surface area contributed by atoms with Gasteiger partial charge in [0.2, 0.25) is 0 Å². The monoisotopic (exact) mass is 208 g/mol. The molecule has 3 rings (SSSR count). The molecule has 0 saturated heterocycles. The van der Waals surface area contributed by atoms with E-state index in [1.807, 2.05) is 24.3 Å². The van der Waals surface area contributed by atoms with Gasteiger partial charge in [-0.3, -0.25) is 0 Å². The number of para-hydroxylation sites is 1. The molecule has 2 atom stereocenters. The van der Waals surface area contributed by atoms with Crippen LogP contribution in [0.1, 0.15) is 19.3 Å². The molecule has 14 heavy (non-hydrogen) atoms. The summed E-state index contributed by atoms with van der Waals surface area (Å²) in [5.74, 6) is 2.77. The fourth-order valence-corrected chi connectivity index (χ4v) is 2.66. The van der Waals surface area contributed by atoms with Gasteiger partial charge in [-0.25, -0.2) is 0 Å². The largest absolute Gasteiger partial charge is 0.489 e. The summed E-state index contributed by atoms with van der Waals surface area (Å²) in [7, 11) is 0. The van der Waals surface area contributed by atoms with E-state index in [1.54, 1.807) is 0 Å². The predicted octanol–water partition coefficient (Wildman–Crippen LogP) is 3.52. The number of benzene rings is 1. The number of hydrogen-bond donors (Lipinski definition) is 0. The van der Waals surface area contributed by atoms with Gasteiger partial charge in [-0.15, -0.1) is 0 Å². The van der Waals surface area contributed by atoms with Crippen LogP contribution < -0.4 is 4.74 Å². The Labute approximate surface area is 89.0 Å². The van der Waals surface area contributed by atoms with Crippen LogP contribution in [0, 0.1) is 11.8 Å². The summed E-state index contributed by atoms with van der Waals surface area (Å²) in [6.07, 6.45) is 4.31. The van der Waals surface area contributed by atoms with Crippen LogP contribution in [0.4, 0.5) is 0 Å². The van der Waals surface area contributed by atoms with E-state index in [0.29, 0.717) is 6.10 Å². The zero-order chi connectivity index (χ0) is 9.54. The normalized spacial score (nSPS) is 33.9. The Balaban J connectivity index is 1.69. The van der Waals surface area contributed by atoms with Gasteiger partial charge in [0, 0.05) is 0 Å². The van der Waals surface area contributed by atoms with Crippen LogP contribution in [0.3, 0.4) is 0 Å². The van der Waals surface area contributed by atoms with E-state index in [1.165, 1.54) is 19.3 Å². The first-order chi connectivity index (χ1) is 6.83. The highest BCUT2D eigenvalue weighted by molar-refractivity contribution is 6.32. The summed E-state index contributed by atoms with van der Waals surface area (Å²) in [5, 5.41) is 0.730. The lowest BCUT2D eigenvalue weighted by atomic mass is 10.2. The summed E-state index contributed by atoms with van der Waals surface area (Å²) in [6, 6.07) is 7.73. The van der Waals surface area contributed by atoms with E-state index in [-0.39, 0.29) is 0 Å². The van der Waals surface area contributed by atoms with Gasteiger partial charge in [-0.2, -0.15) is 0 Å². The van der Waals surface area contributed by atoms with Crippen LogP contribution in [0.2, 0.25) is 5.02 Å². The van der Waals surface area contributed by atoms with Crippen molar-refractivity contribution in [2.75, 3.05) is 0 Å². The Morgan fingerprint density at radius 3 is 2.50 bits per heavy atom. The first kappa shape index (κ1) is 8.60. The van der Waals surface area contributed by atoms with Crippen molar-refractivity contribution in [3.8, 4) is 5.75 Å². The Kier molecular flexibility index (Phi) is 1.94. The second kappa shape index (κ2) is 3.16. The van der Waals surface area contributed by atoms with Crippen molar-refractivity contribution in [2.24, 2.45) is 11.8 Å². The first-order valence-electron chi connectivity index (χ1n) is 5.24. The lowest BCUT2D eigenvalue weighted by Gasteiger charge is -2.15. The van der Waals surface area contributed by atoms with E-state index < -0.39 is 0 Å². The molecule has 0 aliphatic heterocycles. The second-order valence-corrected chi connectivity index (χ2v) is 4.80. The molecule has 0 amide bonds. The summed E-state index contributed by atoms with van der Waals surface area (Å²) in [5.41, 5.74) is 0. The van der Waals surface area contributed by atoms with Gasteiger partial charge in [0.15, 0.2) is 0 Å². The Hall–Kier alpha value is -0.690. The maximum atomic E-state index is 6.03. The maximum absolute atomic E-state index is 6.03. The zero-order valence-corrected chi connectivity index (χ0v) is 8.70. The summed E-state index contributed by atoms with van der Waals surface area (Å²) >= 11 is 6.03. The topological polar surface area (TPSA) is 9.23 Å². The summed E-state index contributed by atoms with van der Waals surface area (Å²) < 4.78 is 5.87. The van der Waals surface area contributed by atoms with Crippen molar-refractivity contribution >= 4 is 11.6 Å². The van der Waals surface area contributed by atoms with Crippen molar-refractivity contribution in [2.45, 2.75) is 25.4 Å². The third kappa shape index (κ3) is 1.50. The van der Waals surface area contributed by atoms with E-state index >= 15 is 0 Å². The number of halogens is 1. The highest BCUT2D eigenvalue weighted by Gasteiger charge is 2.46. The SMILES string of the molecule is Clc1ccccc1OC1CC2CC2C1. The molecule has 2 aliphatic rings. The van der Waals surface area contributed by atoms with Crippen LogP contribution in [-0.2, 0) is 0 Å². The van der Waals surface area contributed by atoms with Crippen LogP contribution in [0.15, 0.2) is 24.3 Å². The minimum absolute atomic E-state index is 0.415. The quantitative estimate of drug-likeness (QED) is 0.723. The molecule has 1 nitrogen and oxygen atoms in total. The number of hydrogen-bond acceptors (Lipinski definition) is 1. The maximum Gasteiger partial charge on any atom is 0.138 e. The van der Waals surface area contributed by atoms with Crippen molar-refractivity contribution in [3.05, 3.63) is 29.3 Å². The molecule has 2 aliphatic carbocycles. The van der Waals surface area contributed by atoms with Crippen LogP contribution in [0.5, 0.6) is 5.75 Å². The van der Waals surface area contributed by atoms with E-state index in [0.717, 1.165) is 22.6 Å². The van der Waals surface area contributed by atoms with Crippen molar-refractivity contribution in [1.29, 1.82) is 0 Å². The molecule has 1 aromatic rings. The number of fused-ring (bicyclic) bond motifs is 1. The second-order valence-electron chi connectivity index (χ2n) is 4.40. The number of ether oxygens (including phenoxy) is 1. The molecular formula is C12H13ClO. The van der Waals surface area contributed by atoms with Crippen molar-refractivity contribution < 1.29 is 4.74 Å². The molecule has 2 fully saturated rings. The van der Waals surface area contributed by atoms with Gasteiger partial charge < -0.3 is 4.74 Å². The minimum Gasteiger partial charge on any atom is -0.489 e. The highest BCUT2D eigenvalue weighted by Crippen LogP contribution is 2.52. The van der Waals surface area contributed by atoms with E-state index in [9.17, 15) is 0 Å². The molecule has 2 unspecified atom stereocenters. The Morgan fingerprint density at radius 2 is 1.79 bits per heavy atom. The molecular weight excluding hydrogens is 196 g/mol. The standard InChI is InChI=1S/C12H13ClO/c13-11-3-1-2-4-12(11)14-10-6-8-5-9(8)7-10/h1-4,8-10H,5-7H2. The molecule has 0 radical (unpaired) electrons. The van der Waals surface area contributed by atoms with E-state index in [2.05, 4.69) is 0 Å².